The molecule has 2 aromatic carbocycles. The van der Waals surface area contributed by atoms with E-state index in [1.54, 1.807) is 24.3 Å². The Hall–Kier alpha value is -3.07. The van der Waals surface area contributed by atoms with Crippen LogP contribution in [-0.4, -0.2) is 78.5 Å². The van der Waals surface area contributed by atoms with Crippen LogP contribution in [0.5, 0.6) is 0 Å². The molecule has 6 atom stereocenters. The number of ether oxygens (including phenoxy) is 2. The molecular weight excluding hydrogens is 535 g/mol. The summed E-state index contributed by atoms with van der Waals surface area (Å²) in [5.41, 5.74) is 0.234. The third-order valence-electron chi connectivity index (χ3n) is 6.03. The highest BCUT2D eigenvalue weighted by Crippen LogP contribution is 2.30. The molecule has 1 saturated heterocycles. The first-order valence-electron chi connectivity index (χ1n) is 11.4. The molecule has 1 aromatic heterocycles. The van der Waals surface area contributed by atoms with Crippen molar-refractivity contribution in [2.45, 2.75) is 49.6 Å². The average molecular weight is 558 g/mol. The van der Waals surface area contributed by atoms with Crippen molar-refractivity contribution in [3.05, 3.63) is 70.6 Å². The van der Waals surface area contributed by atoms with Crippen molar-refractivity contribution in [2.24, 2.45) is 0 Å². The van der Waals surface area contributed by atoms with E-state index in [2.05, 4.69) is 10.3 Å². The Labute approximate surface area is 218 Å². The van der Waals surface area contributed by atoms with Crippen molar-refractivity contribution >= 4 is 17.6 Å². The molecule has 4 rings (SSSR count). The van der Waals surface area contributed by atoms with Crippen LogP contribution in [-0.2, 0) is 20.9 Å². The van der Waals surface area contributed by atoms with Gasteiger partial charge in [0, 0.05) is 17.0 Å². The molecule has 0 bridgehead atoms. The van der Waals surface area contributed by atoms with Crippen LogP contribution in [0.4, 0.5) is 13.2 Å². The maximum absolute atomic E-state index is 13.7. The fourth-order valence-corrected chi connectivity index (χ4v) is 4.42. The lowest BCUT2D eigenvalue weighted by molar-refractivity contribution is -0.193. The van der Waals surface area contributed by atoms with Gasteiger partial charge in [0.25, 0.3) is 0 Å². The normalized spacial score (nSPS) is 25.0. The molecule has 14 heteroatoms. The number of aliphatic hydroxyl groups is 3. The number of hydrogen-bond donors (Lipinski definition) is 4. The molecule has 0 aliphatic carbocycles. The maximum atomic E-state index is 13.7. The Balaban J connectivity index is 1.64. The highest BCUT2D eigenvalue weighted by molar-refractivity contribution is 6.30. The van der Waals surface area contributed by atoms with Gasteiger partial charge in [0.2, 0.25) is 0 Å². The zero-order valence-electron chi connectivity index (χ0n) is 19.5. The fourth-order valence-electron chi connectivity index (χ4n) is 4.21. The minimum atomic E-state index is -1.77. The molecule has 1 aliphatic heterocycles. The molecule has 4 N–H and O–H groups in total. The van der Waals surface area contributed by atoms with E-state index in [0.717, 1.165) is 10.9 Å². The van der Waals surface area contributed by atoms with E-state index in [1.165, 1.54) is 0 Å². The summed E-state index contributed by atoms with van der Waals surface area (Å²) in [5.74, 6) is -6.08. The van der Waals surface area contributed by atoms with Crippen molar-refractivity contribution in [3.63, 3.8) is 0 Å². The minimum absolute atomic E-state index is 0.130. The number of carboxylic acids is 1. The van der Waals surface area contributed by atoms with Crippen LogP contribution in [0.3, 0.4) is 0 Å². The summed E-state index contributed by atoms with van der Waals surface area (Å²) < 4.78 is 52.8. The number of halogens is 4. The summed E-state index contributed by atoms with van der Waals surface area (Å²) in [6, 6.07) is 6.43. The molecule has 0 saturated carbocycles. The van der Waals surface area contributed by atoms with Gasteiger partial charge in [-0.3, -0.25) is 0 Å². The van der Waals surface area contributed by atoms with E-state index in [0.29, 0.717) is 22.7 Å². The molecule has 204 valence electrons. The number of carbonyl (C=O) groups is 1. The molecule has 1 fully saturated rings. The van der Waals surface area contributed by atoms with Crippen LogP contribution in [0.25, 0.3) is 11.3 Å². The Morgan fingerprint density at radius 2 is 1.89 bits per heavy atom. The second kappa shape index (κ2) is 11.8. The lowest BCUT2D eigenvalue weighted by Gasteiger charge is -2.38. The Bertz CT molecular complexity index is 1270. The first kappa shape index (κ1) is 28.0. The Kier molecular flexibility index (Phi) is 8.65. The smallest absolute Gasteiger partial charge is 0.335 e. The number of benzene rings is 2. The zero-order valence-corrected chi connectivity index (χ0v) is 20.2. The quantitative estimate of drug-likeness (QED) is 0.321. The predicted molar refractivity (Wildman–Crippen MR) is 124 cm³/mol. The number of nitrogens with zero attached hydrogens (tertiary/aromatic N) is 3. The van der Waals surface area contributed by atoms with Crippen molar-refractivity contribution < 1.29 is 47.9 Å². The largest absolute Gasteiger partial charge is 0.479 e. The molecule has 38 heavy (non-hydrogen) atoms. The van der Waals surface area contributed by atoms with E-state index in [4.69, 9.17) is 21.1 Å². The maximum Gasteiger partial charge on any atom is 0.335 e. The first-order chi connectivity index (χ1) is 18.0. The third-order valence-corrected chi connectivity index (χ3v) is 6.27. The monoisotopic (exact) mass is 557 g/mol. The SMILES string of the molecule is O=C(O)[C@@H](OCc1cccc(Cl)c1)[C@@H]1OCC(O)C[C@H](O)C(n2cc(-c3cc(F)c(F)c(F)c3)nn2)C1O. The van der Waals surface area contributed by atoms with Gasteiger partial charge in [-0.1, -0.05) is 28.9 Å². The van der Waals surface area contributed by atoms with E-state index in [-0.39, 0.29) is 24.3 Å². The number of aromatic nitrogens is 3. The van der Waals surface area contributed by atoms with Crippen LogP contribution in [0.1, 0.15) is 18.0 Å². The van der Waals surface area contributed by atoms with Crippen LogP contribution in [0.2, 0.25) is 5.02 Å². The highest BCUT2D eigenvalue weighted by Gasteiger charge is 2.45. The molecule has 0 amide bonds. The van der Waals surface area contributed by atoms with Gasteiger partial charge in [-0.2, -0.15) is 0 Å². The second-order valence-corrected chi connectivity index (χ2v) is 9.21. The Morgan fingerprint density at radius 1 is 1.18 bits per heavy atom. The van der Waals surface area contributed by atoms with Gasteiger partial charge >= 0.3 is 5.97 Å². The second-order valence-electron chi connectivity index (χ2n) is 8.77. The van der Waals surface area contributed by atoms with Crippen LogP contribution in [0.15, 0.2) is 42.6 Å². The topological polar surface area (TPSA) is 147 Å². The number of carboxylic acid groups (broad SMARTS) is 1. The summed E-state index contributed by atoms with van der Waals surface area (Å²) in [7, 11) is 0. The van der Waals surface area contributed by atoms with Crippen molar-refractivity contribution in [1.29, 1.82) is 0 Å². The summed E-state index contributed by atoms with van der Waals surface area (Å²) in [6.45, 7) is -0.623. The van der Waals surface area contributed by atoms with E-state index in [1.807, 2.05) is 0 Å². The van der Waals surface area contributed by atoms with Gasteiger partial charge in [-0.25, -0.2) is 22.6 Å². The average Bonchev–Trinajstić information content (AvgIpc) is 3.33. The standard InChI is InChI=1S/C24H23ClF3N3O7/c25-13-3-1-2-11(4-13)9-37-23(24(35)36)22-21(34)20(18(33)7-14(32)10-38-22)31-8-17(29-30-31)12-5-15(26)19(28)16(27)6-12/h1-6,8,14,18,20-23,32-34H,7,9-10H2,(H,35,36)/t14?,18-,20?,21?,22+,23-/m0/s1. The molecule has 0 radical (unpaired) electrons. The van der Waals surface area contributed by atoms with Gasteiger partial charge in [-0.15, -0.1) is 5.10 Å². The summed E-state index contributed by atoms with van der Waals surface area (Å²) in [5, 5.41) is 50.1. The summed E-state index contributed by atoms with van der Waals surface area (Å²) >= 11 is 5.96. The van der Waals surface area contributed by atoms with Crippen molar-refractivity contribution in [2.75, 3.05) is 6.61 Å². The number of hydrogen-bond acceptors (Lipinski definition) is 8. The molecule has 0 spiro atoms. The van der Waals surface area contributed by atoms with E-state index < -0.39 is 66.6 Å². The Morgan fingerprint density at radius 3 is 2.55 bits per heavy atom. The minimum Gasteiger partial charge on any atom is -0.479 e. The predicted octanol–water partition coefficient (Wildman–Crippen LogP) is 2.10. The van der Waals surface area contributed by atoms with Gasteiger partial charge in [-0.05, 0) is 29.8 Å². The van der Waals surface area contributed by atoms with Crippen LogP contribution >= 0.6 is 11.6 Å². The van der Waals surface area contributed by atoms with Gasteiger partial charge in [0.15, 0.2) is 23.6 Å². The number of aliphatic hydroxyl groups excluding tert-OH is 3. The number of rotatable bonds is 7. The summed E-state index contributed by atoms with van der Waals surface area (Å²) in [6.07, 6.45) is -7.02. The van der Waals surface area contributed by atoms with Crippen molar-refractivity contribution in [3.8, 4) is 11.3 Å². The molecule has 1 aliphatic rings. The molecular formula is C24H23ClF3N3O7. The third kappa shape index (κ3) is 6.14. The van der Waals surface area contributed by atoms with E-state index in [9.17, 15) is 38.4 Å². The lowest BCUT2D eigenvalue weighted by Crippen LogP contribution is -2.54. The zero-order chi connectivity index (χ0) is 27.6. The summed E-state index contributed by atoms with van der Waals surface area (Å²) in [4.78, 5) is 12.1. The van der Waals surface area contributed by atoms with Crippen molar-refractivity contribution in [1.82, 2.24) is 15.0 Å². The number of aliphatic carboxylic acids is 1. The van der Waals surface area contributed by atoms with Gasteiger partial charge in [0.05, 0.1) is 31.6 Å². The van der Waals surface area contributed by atoms with Crippen LogP contribution in [0, 0.1) is 17.5 Å². The van der Waals surface area contributed by atoms with Gasteiger partial charge < -0.3 is 29.9 Å². The lowest BCUT2D eigenvalue weighted by atomic mass is 9.92. The highest BCUT2D eigenvalue weighted by atomic mass is 35.5. The molecule has 3 unspecified atom stereocenters. The van der Waals surface area contributed by atoms with Gasteiger partial charge in [0.1, 0.15) is 23.9 Å². The fraction of sp³-hybridized carbons (Fsp3) is 0.375. The molecule has 10 nitrogen and oxygen atoms in total. The molecule has 3 aromatic rings. The van der Waals surface area contributed by atoms with E-state index >= 15 is 0 Å². The first-order valence-corrected chi connectivity index (χ1v) is 11.7. The van der Waals surface area contributed by atoms with Crippen LogP contribution < -0.4 is 0 Å². The molecule has 2 heterocycles.